The zero-order valence-electron chi connectivity index (χ0n) is 13.8. The Morgan fingerprint density at radius 2 is 2.00 bits per heavy atom. The number of benzene rings is 1. The first-order chi connectivity index (χ1) is 10.1. The van der Waals surface area contributed by atoms with Crippen molar-refractivity contribution in [1.29, 1.82) is 0 Å². The molecule has 0 aliphatic heterocycles. The molecule has 2 aromatic rings. The lowest BCUT2D eigenvalue weighted by Gasteiger charge is -2.42. The topological polar surface area (TPSA) is 45.0 Å². The number of nitrogens with one attached hydrogen (secondary N) is 1. The summed E-state index contributed by atoms with van der Waals surface area (Å²) in [5, 5.41) is 1.25. The normalized spacial score (nSPS) is 16.3. The molecule has 21 heavy (non-hydrogen) atoms. The number of fused-ring (bicyclic) bond motifs is 1. The van der Waals surface area contributed by atoms with Gasteiger partial charge in [0.1, 0.15) is 0 Å². The van der Waals surface area contributed by atoms with Crippen LogP contribution in [0.3, 0.4) is 0 Å². The molecule has 1 aromatic heterocycles. The quantitative estimate of drug-likeness (QED) is 0.812. The monoisotopic (exact) mass is 287 g/mol. The van der Waals surface area contributed by atoms with Crippen molar-refractivity contribution in [2.24, 2.45) is 5.73 Å². The molecule has 3 N–H and O–H groups in total. The summed E-state index contributed by atoms with van der Waals surface area (Å²) in [6.07, 6.45) is 4.09. The number of H-pyrrole nitrogens is 1. The number of aromatic nitrogens is 1. The second kappa shape index (κ2) is 6.63. The van der Waals surface area contributed by atoms with Crippen LogP contribution in [0.1, 0.15) is 46.1 Å². The van der Waals surface area contributed by atoms with E-state index in [9.17, 15) is 0 Å². The van der Waals surface area contributed by atoms with Crippen LogP contribution in [0.2, 0.25) is 0 Å². The molecule has 0 saturated heterocycles. The van der Waals surface area contributed by atoms with Crippen molar-refractivity contribution in [2.75, 3.05) is 13.1 Å². The summed E-state index contributed by atoms with van der Waals surface area (Å²) in [4.78, 5) is 5.79. The molecular formula is C18H29N3. The number of hydrogen-bond acceptors (Lipinski definition) is 2. The maximum atomic E-state index is 6.94. The number of nitrogens with zero attached hydrogens (tertiary/aromatic N) is 1. The van der Waals surface area contributed by atoms with Crippen LogP contribution in [0.5, 0.6) is 0 Å². The molecule has 0 fully saturated rings. The Morgan fingerprint density at radius 1 is 1.24 bits per heavy atom. The summed E-state index contributed by atoms with van der Waals surface area (Å²) in [5.74, 6) is 0. The van der Waals surface area contributed by atoms with E-state index in [1.54, 1.807) is 0 Å². The van der Waals surface area contributed by atoms with Crippen molar-refractivity contribution >= 4 is 10.9 Å². The van der Waals surface area contributed by atoms with E-state index in [1.165, 1.54) is 16.5 Å². The molecule has 0 radical (unpaired) electrons. The van der Waals surface area contributed by atoms with Gasteiger partial charge in [-0.1, -0.05) is 32.9 Å². The van der Waals surface area contributed by atoms with Crippen LogP contribution in [-0.2, 0) is 5.54 Å². The van der Waals surface area contributed by atoms with Crippen LogP contribution in [0.4, 0.5) is 0 Å². The molecule has 0 bridgehead atoms. The van der Waals surface area contributed by atoms with Crippen molar-refractivity contribution in [3.05, 3.63) is 36.0 Å². The summed E-state index contributed by atoms with van der Waals surface area (Å²) < 4.78 is 0. The van der Waals surface area contributed by atoms with Crippen LogP contribution >= 0.6 is 0 Å². The molecule has 3 nitrogen and oxygen atoms in total. The predicted octanol–water partition coefficient (Wildman–Crippen LogP) is 3.85. The molecule has 116 valence electrons. The minimum atomic E-state index is -0.327. The van der Waals surface area contributed by atoms with Gasteiger partial charge in [0, 0.05) is 23.1 Å². The van der Waals surface area contributed by atoms with Crippen molar-refractivity contribution in [3.8, 4) is 0 Å². The zero-order valence-corrected chi connectivity index (χ0v) is 13.8. The minimum absolute atomic E-state index is 0.313. The Bertz CT molecular complexity index is 575. The molecule has 1 aromatic carbocycles. The van der Waals surface area contributed by atoms with Crippen molar-refractivity contribution in [3.63, 3.8) is 0 Å². The number of likely N-dealkylation sites (N-methyl/N-ethyl adjacent to an activating group) is 1. The van der Waals surface area contributed by atoms with E-state index in [0.29, 0.717) is 6.04 Å². The maximum absolute atomic E-state index is 6.94. The van der Waals surface area contributed by atoms with Gasteiger partial charge in [0.25, 0.3) is 0 Å². The van der Waals surface area contributed by atoms with E-state index in [4.69, 9.17) is 5.73 Å². The Kier molecular flexibility index (Phi) is 5.07. The van der Waals surface area contributed by atoms with Gasteiger partial charge in [-0.15, -0.1) is 0 Å². The predicted molar refractivity (Wildman–Crippen MR) is 91.5 cm³/mol. The van der Waals surface area contributed by atoms with Crippen molar-refractivity contribution in [2.45, 2.75) is 52.1 Å². The van der Waals surface area contributed by atoms with Gasteiger partial charge in [0.2, 0.25) is 0 Å². The fraction of sp³-hybridized carbons (Fsp3) is 0.556. The molecule has 0 unspecified atom stereocenters. The maximum Gasteiger partial charge on any atom is 0.0568 e. The fourth-order valence-corrected chi connectivity index (χ4v) is 3.44. The minimum Gasteiger partial charge on any atom is -0.361 e. The highest BCUT2D eigenvalue weighted by atomic mass is 15.2. The second-order valence-electron chi connectivity index (χ2n) is 5.94. The third-order valence-electron chi connectivity index (χ3n) is 4.89. The number of aromatic amines is 1. The molecule has 0 amide bonds. The summed E-state index contributed by atoms with van der Waals surface area (Å²) in [6, 6.07) is 8.87. The van der Waals surface area contributed by atoms with Crippen molar-refractivity contribution in [1.82, 2.24) is 9.88 Å². The van der Waals surface area contributed by atoms with Gasteiger partial charge in [-0.25, -0.2) is 0 Å². The number of hydrogen-bond donors (Lipinski definition) is 2. The third kappa shape index (κ3) is 2.85. The van der Waals surface area contributed by atoms with Crippen LogP contribution in [0, 0.1) is 0 Å². The largest absolute Gasteiger partial charge is 0.361 e. The van der Waals surface area contributed by atoms with Crippen molar-refractivity contribution < 1.29 is 0 Å². The van der Waals surface area contributed by atoms with E-state index < -0.39 is 0 Å². The lowest BCUT2D eigenvalue weighted by atomic mass is 9.79. The highest BCUT2D eigenvalue weighted by Crippen LogP contribution is 2.34. The average molecular weight is 287 g/mol. The van der Waals surface area contributed by atoms with E-state index in [0.717, 1.165) is 25.9 Å². The Labute approximate surface area is 128 Å². The molecule has 0 spiro atoms. The van der Waals surface area contributed by atoms with Gasteiger partial charge in [0.15, 0.2) is 0 Å². The summed E-state index contributed by atoms with van der Waals surface area (Å²) >= 11 is 0. The Morgan fingerprint density at radius 3 is 2.62 bits per heavy atom. The third-order valence-corrected chi connectivity index (χ3v) is 4.89. The highest BCUT2D eigenvalue weighted by Gasteiger charge is 2.36. The number of rotatable bonds is 7. The first-order valence-electron chi connectivity index (χ1n) is 8.17. The molecule has 2 atom stereocenters. The van der Waals surface area contributed by atoms with Crippen LogP contribution < -0.4 is 5.73 Å². The molecule has 0 aliphatic carbocycles. The fourth-order valence-electron chi connectivity index (χ4n) is 3.44. The molecule has 1 heterocycles. The van der Waals surface area contributed by atoms with E-state index >= 15 is 0 Å². The molecule has 0 aliphatic rings. The smallest absolute Gasteiger partial charge is 0.0568 e. The standard InChI is InChI=1S/C18H29N3/c1-5-13-21(7-3)14(4)18(19,6-2)16-9-8-10-17-15(16)11-12-20-17/h8-12,14,20H,5-7,13,19H2,1-4H3/t14-,18-/m1/s1. The Hall–Kier alpha value is -1.32. The SMILES string of the molecule is CCCN(CC)[C@H](C)[C@](N)(CC)c1cccc2[nH]ccc12. The second-order valence-corrected chi connectivity index (χ2v) is 5.94. The zero-order chi connectivity index (χ0) is 15.5. The molecule has 2 rings (SSSR count). The van der Waals surface area contributed by atoms with Gasteiger partial charge in [-0.05, 0) is 50.6 Å². The van der Waals surface area contributed by atoms with Crippen LogP contribution in [-0.4, -0.2) is 29.0 Å². The lowest BCUT2D eigenvalue weighted by Crippen LogP contribution is -2.54. The van der Waals surface area contributed by atoms with E-state index in [-0.39, 0.29) is 5.54 Å². The van der Waals surface area contributed by atoms with Gasteiger partial charge in [-0.3, -0.25) is 4.90 Å². The van der Waals surface area contributed by atoms with E-state index in [1.807, 2.05) is 6.20 Å². The molecule has 3 heteroatoms. The Balaban J connectivity index is 2.47. The highest BCUT2D eigenvalue weighted by molar-refractivity contribution is 5.84. The first-order valence-corrected chi connectivity index (χ1v) is 8.17. The van der Waals surface area contributed by atoms with Crippen LogP contribution in [0.15, 0.2) is 30.5 Å². The summed E-state index contributed by atoms with van der Waals surface area (Å²) in [5.41, 5.74) is 9.04. The lowest BCUT2D eigenvalue weighted by molar-refractivity contribution is 0.134. The first kappa shape index (κ1) is 16.1. The summed E-state index contributed by atoms with van der Waals surface area (Å²) in [6.45, 7) is 11.1. The number of nitrogens with two attached hydrogens (primary N) is 1. The van der Waals surface area contributed by atoms with Gasteiger partial charge >= 0.3 is 0 Å². The average Bonchev–Trinajstić information content (AvgIpc) is 2.99. The van der Waals surface area contributed by atoms with E-state index in [2.05, 4.69) is 61.8 Å². The van der Waals surface area contributed by atoms with Gasteiger partial charge in [0.05, 0.1) is 5.54 Å². The van der Waals surface area contributed by atoms with Crippen LogP contribution in [0.25, 0.3) is 10.9 Å². The van der Waals surface area contributed by atoms with Gasteiger partial charge in [-0.2, -0.15) is 0 Å². The summed E-state index contributed by atoms with van der Waals surface area (Å²) in [7, 11) is 0. The molecule has 0 saturated carbocycles. The van der Waals surface area contributed by atoms with Gasteiger partial charge < -0.3 is 10.7 Å². The molecular weight excluding hydrogens is 258 g/mol.